The molecular formula is C43H56ClN11O5. The Balaban J connectivity index is 0.00000544. The van der Waals surface area contributed by atoms with Gasteiger partial charge in [-0.05, 0) is 18.2 Å². The van der Waals surface area contributed by atoms with Crippen LogP contribution >= 0.6 is 0 Å². The summed E-state index contributed by atoms with van der Waals surface area (Å²) in [6.45, 7) is 9.57. The maximum atomic E-state index is 6.58. The Morgan fingerprint density at radius 3 is 1.67 bits per heavy atom. The van der Waals surface area contributed by atoms with E-state index in [1.54, 1.807) is 0 Å². The zero-order valence-electron chi connectivity index (χ0n) is 35.1. The molecule has 1 aromatic carbocycles. The van der Waals surface area contributed by atoms with Crippen LogP contribution in [0.25, 0.3) is 33.4 Å². The topological polar surface area (TPSA) is 127 Å². The largest absolute Gasteiger partial charge is 1.00 e. The molecule has 0 saturated carbocycles. The van der Waals surface area contributed by atoms with E-state index >= 15 is 0 Å². The zero-order valence-corrected chi connectivity index (χ0v) is 35.8. The molecule has 4 aliphatic heterocycles. The highest BCUT2D eigenvalue weighted by atomic mass is 35.5. The molecule has 1 saturated heterocycles. The second kappa shape index (κ2) is 20.3. The van der Waals surface area contributed by atoms with Crippen LogP contribution in [0, 0.1) is 0 Å². The lowest BCUT2D eigenvalue weighted by atomic mass is 9.95. The van der Waals surface area contributed by atoms with Crippen molar-refractivity contribution in [3.63, 3.8) is 0 Å². The number of rotatable bonds is 3. The molecule has 320 valence electrons. The summed E-state index contributed by atoms with van der Waals surface area (Å²) in [7, 11) is 8.15. The Labute approximate surface area is 357 Å². The van der Waals surface area contributed by atoms with E-state index in [9.17, 15) is 0 Å². The lowest BCUT2D eigenvalue weighted by Gasteiger charge is -2.27. The van der Waals surface area contributed by atoms with E-state index in [1.807, 2.05) is 65.4 Å². The van der Waals surface area contributed by atoms with Crippen molar-refractivity contribution in [1.29, 1.82) is 0 Å². The summed E-state index contributed by atoms with van der Waals surface area (Å²) in [6.07, 6.45) is 11.7. The van der Waals surface area contributed by atoms with Crippen LogP contribution in [0.2, 0.25) is 0 Å². The van der Waals surface area contributed by atoms with Gasteiger partial charge in [-0.2, -0.15) is 0 Å². The quantitative estimate of drug-likeness (QED) is 0.181. The summed E-state index contributed by atoms with van der Waals surface area (Å²) in [4.78, 5) is 28.6. The third-order valence-electron chi connectivity index (χ3n) is 10.9. The van der Waals surface area contributed by atoms with Crippen LogP contribution in [0.3, 0.4) is 0 Å². The Kier molecular flexibility index (Phi) is 14.5. The SMILES string of the molecule is CN(C)c1ccc2c(-c3cnc(N4CCn5ccnc5N5CCOCCOCCN(CCOCCOCC5)c5nccn5CC4)nc3)c3ccc(=[N+](C)C)cc-3oc2c1.[Cl-]. The van der Waals surface area contributed by atoms with Crippen molar-refractivity contribution in [3.8, 4) is 22.5 Å². The fourth-order valence-electron chi connectivity index (χ4n) is 7.60. The third kappa shape index (κ3) is 10.0. The van der Waals surface area contributed by atoms with E-state index in [-0.39, 0.29) is 12.4 Å². The first-order chi connectivity index (χ1) is 28.9. The smallest absolute Gasteiger partial charge is 0.225 e. The van der Waals surface area contributed by atoms with E-state index in [1.165, 1.54) is 0 Å². The van der Waals surface area contributed by atoms with Crippen molar-refractivity contribution >= 4 is 34.5 Å². The van der Waals surface area contributed by atoms with Crippen molar-refractivity contribution < 1.29 is 35.8 Å². The van der Waals surface area contributed by atoms with E-state index in [0.29, 0.717) is 111 Å². The number of fused-ring (bicyclic) bond motifs is 20. The van der Waals surface area contributed by atoms with Gasteiger partial charge in [0.05, 0.1) is 58.9 Å². The Morgan fingerprint density at radius 1 is 0.600 bits per heavy atom. The van der Waals surface area contributed by atoms with Gasteiger partial charge in [0.25, 0.3) is 0 Å². The monoisotopic (exact) mass is 841 g/mol. The number of nitrogens with zero attached hydrogens (tertiary/aromatic N) is 11. The van der Waals surface area contributed by atoms with Gasteiger partial charge in [0.1, 0.15) is 25.4 Å². The molecule has 0 unspecified atom stereocenters. The Bertz CT molecular complexity index is 2240. The number of benzene rings is 2. The van der Waals surface area contributed by atoms with Gasteiger partial charge in [-0.1, -0.05) is 0 Å². The van der Waals surface area contributed by atoms with Gasteiger partial charge >= 0.3 is 0 Å². The minimum Gasteiger partial charge on any atom is -1.00 e. The van der Waals surface area contributed by atoms with Crippen LogP contribution in [0.5, 0.6) is 0 Å². The van der Waals surface area contributed by atoms with Crippen LogP contribution in [0.4, 0.5) is 23.5 Å². The summed E-state index contributed by atoms with van der Waals surface area (Å²) in [5.41, 5.74) is 4.82. The van der Waals surface area contributed by atoms with Crippen molar-refractivity contribution in [2.75, 3.05) is 140 Å². The van der Waals surface area contributed by atoms with Crippen molar-refractivity contribution in [2.45, 2.75) is 13.1 Å². The first-order valence-electron chi connectivity index (χ1n) is 20.5. The van der Waals surface area contributed by atoms with Gasteiger partial charge in [-0.25, -0.2) is 24.5 Å². The maximum absolute atomic E-state index is 6.58. The molecule has 16 nitrogen and oxygen atoms in total. The minimum absolute atomic E-state index is 0. The molecule has 1 aliphatic carbocycles. The van der Waals surface area contributed by atoms with Gasteiger partial charge < -0.3 is 64.5 Å². The Hall–Kier alpha value is -5.26. The molecule has 4 aromatic rings. The average molecular weight is 842 g/mol. The van der Waals surface area contributed by atoms with Crippen LogP contribution in [-0.2, 0) is 32.0 Å². The average Bonchev–Trinajstić information content (AvgIpc) is 3.92. The molecule has 0 radical (unpaired) electrons. The molecule has 60 heavy (non-hydrogen) atoms. The fourth-order valence-corrected chi connectivity index (χ4v) is 7.60. The van der Waals surface area contributed by atoms with Gasteiger partial charge in [0.15, 0.2) is 0 Å². The van der Waals surface area contributed by atoms with Gasteiger partial charge in [0, 0.05) is 144 Å². The van der Waals surface area contributed by atoms with Gasteiger partial charge in [-0.15, -0.1) is 0 Å². The second-order valence-corrected chi connectivity index (χ2v) is 15.2. The molecule has 0 N–H and O–H groups in total. The molecule has 0 amide bonds. The van der Waals surface area contributed by atoms with Crippen LogP contribution in [0.15, 0.2) is 78.0 Å². The summed E-state index contributed by atoms with van der Waals surface area (Å²) in [5, 5.41) is 2.06. The normalized spacial score (nSPS) is 16.8. The number of aromatic nitrogens is 6. The predicted molar refractivity (Wildman–Crippen MR) is 230 cm³/mol. The number of hydrogen-bond donors (Lipinski definition) is 0. The minimum atomic E-state index is 0. The van der Waals surface area contributed by atoms with E-state index in [2.05, 4.69) is 69.7 Å². The summed E-state index contributed by atoms with van der Waals surface area (Å²) in [6, 6.07) is 12.7. The summed E-state index contributed by atoms with van der Waals surface area (Å²) in [5.74, 6) is 3.18. The lowest BCUT2D eigenvalue weighted by Crippen LogP contribution is -3.00. The highest BCUT2D eigenvalue weighted by Gasteiger charge is 2.22. The first kappa shape index (κ1) is 42.8. The molecule has 0 atom stereocenters. The number of imidazole rings is 2. The molecule has 3 aromatic heterocycles. The number of anilines is 4. The third-order valence-corrected chi connectivity index (χ3v) is 10.9. The fraction of sp³-hybridized carbons (Fsp3) is 0.465. The van der Waals surface area contributed by atoms with Crippen molar-refractivity contribution in [2.24, 2.45) is 0 Å². The number of ether oxygens (including phenoxy) is 4. The molecule has 5 aliphatic rings. The highest BCUT2D eigenvalue weighted by molar-refractivity contribution is 6.02. The van der Waals surface area contributed by atoms with E-state index < -0.39 is 0 Å². The number of hydrogen-bond acceptors (Lipinski definition) is 13. The summed E-state index contributed by atoms with van der Waals surface area (Å²) < 4.78 is 37.1. The van der Waals surface area contributed by atoms with Crippen molar-refractivity contribution in [1.82, 2.24) is 33.6 Å². The van der Waals surface area contributed by atoms with Crippen LogP contribution in [0.1, 0.15) is 0 Å². The van der Waals surface area contributed by atoms with Gasteiger partial charge in [-0.3, -0.25) is 0 Å². The molecule has 1 fully saturated rings. The molecular weight excluding hydrogens is 786 g/mol. The maximum Gasteiger partial charge on any atom is 0.225 e. The van der Waals surface area contributed by atoms with Crippen LogP contribution in [-0.4, -0.2) is 149 Å². The lowest BCUT2D eigenvalue weighted by molar-refractivity contribution is -0.0000143. The number of halogens is 1. The van der Waals surface area contributed by atoms with Crippen molar-refractivity contribution in [3.05, 3.63) is 78.9 Å². The highest BCUT2D eigenvalue weighted by Crippen LogP contribution is 2.40. The Morgan fingerprint density at radius 2 is 1.15 bits per heavy atom. The molecule has 0 spiro atoms. The van der Waals surface area contributed by atoms with Gasteiger partial charge in [0.2, 0.25) is 23.2 Å². The van der Waals surface area contributed by atoms with E-state index in [0.717, 1.165) is 56.4 Å². The second-order valence-electron chi connectivity index (χ2n) is 15.2. The molecule has 9 rings (SSSR count). The standard InChI is InChI=1S/C43H56N11O5.ClH/c1-48(2)34-5-7-36-38(29-34)59-39-30-35(49(3)4)6-8-37(39)40(36)33-31-46-41(47-32-33)50-13-15-51-11-9-44-42(51)53-17-21-55-25-27-57-23-19-54(20-24-58-28-26-56-22-18-53)43-45-10-12-52(43)16-14-50;/h5-12,29-32H,13-28H2,1-4H3;1H/q+1;/p-1. The molecule has 7 heterocycles. The van der Waals surface area contributed by atoms with E-state index in [4.69, 9.17) is 43.3 Å². The predicted octanol–water partition coefficient (Wildman–Crippen LogP) is 0.403. The van der Waals surface area contributed by atoms with Crippen LogP contribution < -0.4 is 41.9 Å². The molecule has 2 bridgehead atoms. The zero-order chi connectivity index (χ0) is 40.6. The first-order valence-corrected chi connectivity index (χ1v) is 20.5. The molecule has 17 heteroatoms. The summed E-state index contributed by atoms with van der Waals surface area (Å²) >= 11 is 0.